The summed E-state index contributed by atoms with van der Waals surface area (Å²) in [6.07, 6.45) is 4.40. The van der Waals surface area contributed by atoms with Crippen LogP contribution in [0.3, 0.4) is 0 Å². The highest BCUT2D eigenvalue weighted by molar-refractivity contribution is 5.76. The van der Waals surface area contributed by atoms with Crippen LogP contribution in [-0.2, 0) is 24.2 Å². The van der Waals surface area contributed by atoms with E-state index in [9.17, 15) is 4.79 Å². The number of hydrogen-bond donors (Lipinski definition) is 1. The van der Waals surface area contributed by atoms with Gasteiger partial charge in [0.2, 0.25) is 5.91 Å². The van der Waals surface area contributed by atoms with Gasteiger partial charge >= 0.3 is 0 Å². The molecule has 0 saturated carbocycles. The van der Waals surface area contributed by atoms with Crippen LogP contribution in [0.15, 0.2) is 30.3 Å². The molecule has 0 bridgehead atoms. The normalized spacial score (nSPS) is 19.7. The van der Waals surface area contributed by atoms with Crippen molar-refractivity contribution in [2.75, 3.05) is 39.0 Å². The third kappa shape index (κ3) is 4.58. The molecule has 1 aromatic heterocycles. The Morgan fingerprint density at radius 2 is 2.03 bits per heavy atom. The van der Waals surface area contributed by atoms with Crippen molar-refractivity contribution in [3.63, 3.8) is 0 Å². The molecule has 0 spiro atoms. The van der Waals surface area contributed by atoms with Gasteiger partial charge in [0.15, 0.2) is 0 Å². The molecular formula is C23H31N5O. The Kier molecular flexibility index (Phi) is 6.09. The van der Waals surface area contributed by atoms with Gasteiger partial charge in [0, 0.05) is 51.1 Å². The van der Waals surface area contributed by atoms with E-state index in [1.54, 1.807) is 0 Å². The Hall–Kier alpha value is -2.47. The number of nitrogens with one attached hydrogen (secondary N) is 1. The molecule has 2 aromatic rings. The molecule has 6 heteroatoms. The second kappa shape index (κ2) is 8.91. The van der Waals surface area contributed by atoms with Crippen LogP contribution in [0.2, 0.25) is 0 Å². The lowest BCUT2D eigenvalue weighted by molar-refractivity contribution is -0.132. The molecule has 1 atom stereocenters. The molecule has 1 saturated heterocycles. The first kappa shape index (κ1) is 19.8. The van der Waals surface area contributed by atoms with Gasteiger partial charge in [0.1, 0.15) is 11.6 Å². The SMILES string of the molecule is CNc1nc([C@@H]2CCCN(C(=O)CCc3ccccc3)C2)nc2c1CCN(C)C2. The maximum atomic E-state index is 12.8. The predicted octanol–water partition coefficient (Wildman–Crippen LogP) is 2.85. The van der Waals surface area contributed by atoms with Gasteiger partial charge in [0.05, 0.1) is 5.69 Å². The zero-order valence-corrected chi connectivity index (χ0v) is 17.5. The number of aryl methyl sites for hydroxylation is 1. The van der Waals surface area contributed by atoms with Crippen LogP contribution < -0.4 is 5.32 Å². The van der Waals surface area contributed by atoms with Crippen molar-refractivity contribution in [3.8, 4) is 0 Å². The average Bonchev–Trinajstić information content (AvgIpc) is 2.77. The molecule has 1 aromatic carbocycles. The van der Waals surface area contributed by atoms with E-state index >= 15 is 0 Å². The lowest BCUT2D eigenvalue weighted by atomic mass is 9.95. The molecule has 154 valence electrons. The summed E-state index contributed by atoms with van der Waals surface area (Å²) in [4.78, 5) is 27.0. The molecule has 2 aliphatic rings. The number of piperidine rings is 1. The Morgan fingerprint density at radius 3 is 2.83 bits per heavy atom. The minimum Gasteiger partial charge on any atom is -0.373 e. The van der Waals surface area contributed by atoms with Crippen molar-refractivity contribution in [1.82, 2.24) is 19.8 Å². The standard InChI is InChI=1S/C23H31N5O/c1-24-23-19-12-14-27(2)16-20(19)25-22(26-23)18-9-6-13-28(15-18)21(29)11-10-17-7-4-3-5-8-17/h3-5,7-8,18H,6,9-16H2,1-2H3,(H,24,25,26)/t18-/m1/s1. The van der Waals surface area contributed by atoms with Gasteiger partial charge in [-0.05, 0) is 38.3 Å². The second-order valence-electron chi connectivity index (χ2n) is 8.26. The van der Waals surface area contributed by atoms with E-state index in [0.717, 1.165) is 69.2 Å². The van der Waals surface area contributed by atoms with E-state index in [4.69, 9.17) is 9.97 Å². The van der Waals surface area contributed by atoms with Gasteiger partial charge in [-0.2, -0.15) is 0 Å². The molecule has 2 aliphatic heterocycles. The summed E-state index contributed by atoms with van der Waals surface area (Å²) in [6, 6.07) is 10.2. The highest BCUT2D eigenvalue weighted by Crippen LogP contribution is 2.29. The molecular weight excluding hydrogens is 362 g/mol. The minimum atomic E-state index is 0.217. The van der Waals surface area contributed by atoms with E-state index in [-0.39, 0.29) is 11.8 Å². The summed E-state index contributed by atoms with van der Waals surface area (Å²) in [5.74, 6) is 2.31. The third-order valence-electron chi connectivity index (χ3n) is 6.12. The highest BCUT2D eigenvalue weighted by Gasteiger charge is 2.28. The first-order valence-corrected chi connectivity index (χ1v) is 10.7. The van der Waals surface area contributed by atoms with E-state index in [2.05, 4.69) is 29.4 Å². The molecule has 0 radical (unpaired) electrons. The number of fused-ring (bicyclic) bond motifs is 1. The van der Waals surface area contributed by atoms with Gasteiger partial charge in [-0.25, -0.2) is 9.97 Å². The van der Waals surface area contributed by atoms with E-state index in [1.807, 2.05) is 30.1 Å². The molecule has 1 N–H and O–H groups in total. The Labute approximate surface area is 173 Å². The molecule has 0 unspecified atom stereocenters. The third-order valence-corrected chi connectivity index (χ3v) is 6.12. The maximum Gasteiger partial charge on any atom is 0.222 e. The fraction of sp³-hybridized carbons (Fsp3) is 0.522. The topological polar surface area (TPSA) is 61.4 Å². The van der Waals surface area contributed by atoms with Crippen LogP contribution in [-0.4, -0.2) is 59.4 Å². The number of aromatic nitrogens is 2. The van der Waals surface area contributed by atoms with Crippen LogP contribution in [0.4, 0.5) is 5.82 Å². The Balaban J connectivity index is 1.45. The van der Waals surface area contributed by atoms with Crippen molar-refractivity contribution in [2.45, 2.75) is 44.6 Å². The smallest absolute Gasteiger partial charge is 0.222 e. The fourth-order valence-corrected chi connectivity index (χ4v) is 4.44. The number of carbonyl (C=O) groups excluding carboxylic acids is 1. The summed E-state index contributed by atoms with van der Waals surface area (Å²) in [5.41, 5.74) is 3.61. The number of rotatable bonds is 5. The van der Waals surface area contributed by atoms with Crippen molar-refractivity contribution < 1.29 is 4.79 Å². The van der Waals surface area contributed by atoms with Gasteiger partial charge in [-0.1, -0.05) is 30.3 Å². The monoisotopic (exact) mass is 393 g/mol. The quantitative estimate of drug-likeness (QED) is 0.846. The lowest BCUT2D eigenvalue weighted by Gasteiger charge is -2.33. The largest absolute Gasteiger partial charge is 0.373 e. The van der Waals surface area contributed by atoms with Gasteiger partial charge in [0.25, 0.3) is 0 Å². The lowest BCUT2D eigenvalue weighted by Crippen LogP contribution is -2.40. The van der Waals surface area contributed by atoms with Crippen molar-refractivity contribution in [1.29, 1.82) is 0 Å². The molecule has 0 aliphatic carbocycles. The number of anilines is 1. The molecule has 1 fully saturated rings. The predicted molar refractivity (Wildman–Crippen MR) is 115 cm³/mol. The number of nitrogens with zero attached hydrogens (tertiary/aromatic N) is 4. The zero-order valence-electron chi connectivity index (χ0n) is 17.5. The number of likely N-dealkylation sites (tertiary alicyclic amines) is 1. The van der Waals surface area contributed by atoms with Gasteiger partial charge < -0.3 is 15.1 Å². The van der Waals surface area contributed by atoms with Gasteiger partial charge in [-0.15, -0.1) is 0 Å². The molecule has 3 heterocycles. The van der Waals surface area contributed by atoms with E-state index in [0.29, 0.717) is 6.42 Å². The van der Waals surface area contributed by atoms with E-state index in [1.165, 1.54) is 11.1 Å². The zero-order chi connectivity index (χ0) is 20.2. The molecule has 29 heavy (non-hydrogen) atoms. The summed E-state index contributed by atoms with van der Waals surface area (Å²) >= 11 is 0. The number of carbonyl (C=O) groups is 1. The number of benzene rings is 1. The average molecular weight is 394 g/mol. The first-order valence-electron chi connectivity index (χ1n) is 10.7. The summed E-state index contributed by atoms with van der Waals surface area (Å²) in [5, 5.41) is 3.27. The van der Waals surface area contributed by atoms with Gasteiger partial charge in [-0.3, -0.25) is 4.79 Å². The first-order chi connectivity index (χ1) is 14.1. The van der Waals surface area contributed by atoms with Crippen LogP contribution in [0, 0.1) is 0 Å². The molecule has 1 amide bonds. The highest BCUT2D eigenvalue weighted by atomic mass is 16.2. The van der Waals surface area contributed by atoms with E-state index < -0.39 is 0 Å². The Morgan fingerprint density at radius 1 is 1.21 bits per heavy atom. The minimum absolute atomic E-state index is 0.217. The second-order valence-corrected chi connectivity index (χ2v) is 8.26. The molecule has 6 nitrogen and oxygen atoms in total. The number of likely N-dealkylation sites (N-methyl/N-ethyl adjacent to an activating group) is 1. The van der Waals surface area contributed by atoms with Crippen molar-refractivity contribution in [2.24, 2.45) is 0 Å². The number of amides is 1. The van der Waals surface area contributed by atoms with Crippen molar-refractivity contribution in [3.05, 3.63) is 53.0 Å². The van der Waals surface area contributed by atoms with Crippen LogP contribution in [0.5, 0.6) is 0 Å². The maximum absolute atomic E-state index is 12.8. The Bertz CT molecular complexity index is 854. The summed E-state index contributed by atoms with van der Waals surface area (Å²) in [6.45, 7) is 3.48. The van der Waals surface area contributed by atoms with Crippen LogP contribution in [0.1, 0.15) is 47.8 Å². The number of hydrogen-bond acceptors (Lipinski definition) is 5. The van der Waals surface area contributed by atoms with Crippen LogP contribution in [0.25, 0.3) is 0 Å². The fourth-order valence-electron chi connectivity index (χ4n) is 4.44. The molecule has 4 rings (SSSR count). The summed E-state index contributed by atoms with van der Waals surface area (Å²) < 4.78 is 0. The summed E-state index contributed by atoms with van der Waals surface area (Å²) in [7, 11) is 4.07. The van der Waals surface area contributed by atoms with Crippen molar-refractivity contribution >= 4 is 11.7 Å². The van der Waals surface area contributed by atoms with Crippen LogP contribution >= 0.6 is 0 Å².